The van der Waals surface area contributed by atoms with E-state index in [1.54, 1.807) is 6.07 Å². The molecule has 3 nitrogen and oxygen atoms in total. The molecule has 0 aliphatic carbocycles. The van der Waals surface area contributed by atoms with Gasteiger partial charge in [-0.1, -0.05) is 34.5 Å². The molecular formula is C15H18BrNO2. The molecule has 0 radical (unpaired) electrons. The molecule has 1 amide bonds. The maximum Gasteiger partial charge on any atom is 0.287 e. The molecule has 0 aliphatic heterocycles. The minimum absolute atomic E-state index is 0.143. The van der Waals surface area contributed by atoms with E-state index in [1.807, 2.05) is 25.1 Å². The molecule has 0 spiro atoms. The molecular weight excluding hydrogens is 306 g/mol. The number of hydrogen-bond acceptors (Lipinski definition) is 2. The Balaban J connectivity index is 2.05. The third-order valence-corrected chi connectivity index (χ3v) is 3.57. The minimum Gasteiger partial charge on any atom is -0.451 e. The lowest BCUT2D eigenvalue weighted by Crippen LogP contribution is -2.28. The van der Waals surface area contributed by atoms with Crippen molar-refractivity contribution in [1.82, 2.24) is 5.32 Å². The lowest BCUT2D eigenvalue weighted by Gasteiger charge is -2.09. The fraction of sp³-hybridized carbons (Fsp3) is 0.400. The van der Waals surface area contributed by atoms with Crippen molar-refractivity contribution in [3.05, 3.63) is 35.6 Å². The SMILES string of the molecule is Cc1ccc2oc(C(=O)NCC(C)CCBr)cc2c1. The molecule has 1 heterocycles. The van der Waals surface area contributed by atoms with Crippen LogP contribution in [0, 0.1) is 12.8 Å². The molecule has 0 bridgehead atoms. The van der Waals surface area contributed by atoms with Crippen LogP contribution in [0.1, 0.15) is 29.5 Å². The summed E-state index contributed by atoms with van der Waals surface area (Å²) in [7, 11) is 0. The normalized spacial score (nSPS) is 12.6. The lowest BCUT2D eigenvalue weighted by molar-refractivity contribution is 0.0922. The molecule has 1 aromatic heterocycles. The van der Waals surface area contributed by atoms with E-state index in [4.69, 9.17) is 4.42 Å². The van der Waals surface area contributed by atoms with Crippen molar-refractivity contribution < 1.29 is 9.21 Å². The third-order valence-electron chi connectivity index (χ3n) is 3.11. The Labute approximate surface area is 121 Å². The van der Waals surface area contributed by atoms with E-state index in [9.17, 15) is 4.79 Å². The Kier molecular flexibility index (Phi) is 4.64. The number of nitrogens with one attached hydrogen (secondary N) is 1. The highest BCUT2D eigenvalue weighted by Gasteiger charge is 2.13. The number of benzene rings is 1. The summed E-state index contributed by atoms with van der Waals surface area (Å²) in [5.74, 6) is 0.692. The summed E-state index contributed by atoms with van der Waals surface area (Å²) in [6, 6.07) is 7.69. The van der Waals surface area contributed by atoms with Gasteiger partial charge in [-0.3, -0.25) is 4.79 Å². The first-order chi connectivity index (χ1) is 9.10. The molecule has 1 N–H and O–H groups in total. The fourth-order valence-corrected chi connectivity index (χ4v) is 2.70. The zero-order valence-electron chi connectivity index (χ0n) is 11.2. The van der Waals surface area contributed by atoms with Crippen molar-refractivity contribution in [1.29, 1.82) is 0 Å². The van der Waals surface area contributed by atoms with Gasteiger partial charge in [-0.25, -0.2) is 0 Å². The average molecular weight is 324 g/mol. The van der Waals surface area contributed by atoms with Gasteiger partial charge in [-0.2, -0.15) is 0 Å². The smallest absolute Gasteiger partial charge is 0.287 e. The highest BCUT2D eigenvalue weighted by molar-refractivity contribution is 9.09. The summed E-state index contributed by atoms with van der Waals surface area (Å²) in [6.45, 7) is 4.80. The van der Waals surface area contributed by atoms with Gasteiger partial charge in [0.1, 0.15) is 5.58 Å². The summed E-state index contributed by atoms with van der Waals surface area (Å²) in [4.78, 5) is 12.0. The number of rotatable bonds is 5. The number of hydrogen-bond donors (Lipinski definition) is 1. The second-order valence-corrected chi connectivity index (χ2v) is 5.74. The highest BCUT2D eigenvalue weighted by Crippen LogP contribution is 2.20. The van der Waals surface area contributed by atoms with Crippen LogP contribution in [-0.2, 0) is 0 Å². The van der Waals surface area contributed by atoms with E-state index in [1.165, 1.54) is 0 Å². The number of alkyl halides is 1. The maximum absolute atomic E-state index is 12.0. The zero-order valence-corrected chi connectivity index (χ0v) is 12.8. The van der Waals surface area contributed by atoms with E-state index in [2.05, 4.69) is 28.2 Å². The monoisotopic (exact) mass is 323 g/mol. The van der Waals surface area contributed by atoms with Gasteiger partial charge < -0.3 is 9.73 Å². The third kappa shape index (κ3) is 3.60. The average Bonchev–Trinajstić information content (AvgIpc) is 2.79. The van der Waals surface area contributed by atoms with Crippen molar-refractivity contribution >= 4 is 32.8 Å². The Morgan fingerprint density at radius 2 is 2.21 bits per heavy atom. The molecule has 19 heavy (non-hydrogen) atoms. The molecule has 102 valence electrons. The van der Waals surface area contributed by atoms with E-state index in [-0.39, 0.29) is 5.91 Å². The topological polar surface area (TPSA) is 42.2 Å². The van der Waals surface area contributed by atoms with E-state index in [0.29, 0.717) is 18.2 Å². The van der Waals surface area contributed by atoms with Crippen molar-refractivity contribution in [2.24, 2.45) is 5.92 Å². The molecule has 4 heteroatoms. The summed E-state index contributed by atoms with van der Waals surface area (Å²) < 4.78 is 5.56. The molecule has 0 saturated heterocycles. The van der Waals surface area contributed by atoms with Gasteiger partial charge in [0.25, 0.3) is 5.91 Å². The first-order valence-corrected chi connectivity index (χ1v) is 7.56. The van der Waals surface area contributed by atoms with Crippen molar-refractivity contribution in [3.63, 3.8) is 0 Å². The van der Waals surface area contributed by atoms with Crippen LogP contribution >= 0.6 is 15.9 Å². The van der Waals surface area contributed by atoms with Gasteiger partial charge >= 0.3 is 0 Å². The van der Waals surface area contributed by atoms with Crippen molar-refractivity contribution in [3.8, 4) is 0 Å². The molecule has 2 aromatic rings. The second kappa shape index (κ2) is 6.24. The maximum atomic E-state index is 12.0. The molecule has 1 atom stereocenters. The van der Waals surface area contributed by atoms with Gasteiger partial charge in [0.2, 0.25) is 0 Å². The Morgan fingerprint density at radius 1 is 1.42 bits per heavy atom. The van der Waals surface area contributed by atoms with Gasteiger partial charge in [0.15, 0.2) is 5.76 Å². The Bertz CT molecular complexity index is 577. The predicted octanol–water partition coefficient (Wildman–Crippen LogP) is 3.89. The molecule has 0 fully saturated rings. The number of amides is 1. The largest absolute Gasteiger partial charge is 0.451 e. The minimum atomic E-state index is -0.143. The van der Waals surface area contributed by atoms with Crippen molar-refractivity contribution in [2.45, 2.75) is 20.3 Å². The van der Waals surface area contributed by atoms with Crippen LogP contribution in [0.15, 0.2) is 28.7 Å². The second-order valence-electron chi connectivity index (χ2n) is 4.94. The molecule has 2 rings (SSSR count). The lowest BCUT2D eigenvalue weighted by atomic mass is 10.1. The van der Waals surface area contributed by atoms with E-state index < -0.39 is 0 Å². The van der Waals surface area contributed by atoms with Crippen LogP contribution in [0.4, 0.5) is 0 Å². The molecule has 0 saturated carbocycles. The standard InChI is InChI=1S/C15H18BrNO2/c1-10-3-4-13-12(7-10)8-14(19-13)15(18)17-9-11(2)5-6-16/h3-4,7-8,11H,5-6,9H2,1-2H3,(H,17,18). The summed E-state index contributed by atoms with van der Waals surface area (Å²) in [6.07, 6.45) is 1.04. The van der Waals surface area contributed by atoms with Crippen LogP contribution in [0.25, 0.3) is 11.0 Å². The van der Waals surface area contributed by atoms with E-state index >= 15 is 0 Å². The first kappa shape index (κ1) is 14.1. The molecule has 1 aromatic carbocycles. The number of fused-ring (bicyclic) bond motifs is 1. The quantitative estimate of drug-likeness (QED) is 0.848. The summed E-state index contributed by atoms with van der Waals surface area (Å²) in [5.41, 5.74) is 1.91. The van der Waals surface area contributed by atoms with Crippen LogP contribution in [0.5, 0.6) is 0 Å². The van der Waals surface area contributed by atoms with Crippen molar-refractivity contribution in [2.75, 3.05) is 11.9 Å². The van der Waals surface area contributed by atoms with Gasteiger partial charge in [0.05, 0.1) is 0 Å². The first-order valence-electron chi connectivity index (χ1n) is 6.44. The van der Waals surface area contributed by atoms with E-state index in [0.717, 1.165) is 28.3 Å². The van der Waals surface area contributed by atoms with Gasteiger partial charge in [0, 0.05) is 17.3 Å². The molecule has 0 aliphatic rings. The van der Waals surface area contributed by atoms with Crippen LogP contribution in [0.2, 0.25) is 0 Å². The number of halogens is 1. The Hall–Kier alpha value is -1.29. The number of furan rings is 1. The number of aryl methyl sites for hydroxylation is 1. The fourth-order valence-electron chi connectivity index (χ4n) is 1.92. The van der Waals surface area contributed by atoms with Gasteiger partial charge in [-0.15, -0.1) is 0 Å². The zero-order chi connectivity index (χ0) is 13.8. The Morgan fingerprint density at radius 3 is 2.95 bits per heavy atom. The predicted molar refractivity (Wildman–Crippen MR) is 80.9 cm³/mol. The van der Waals surface area contributed by atoms with Crippen LogP contribution < -0.4 is 5.32 Å². The van der Waals surface area contributed by atoms with Crippen LogP contribution in [-0.4, -0.2) is 17.8 Å². The number of carbonyl (C=O) groups is 1. The van der Waals surface area contributed by atoms with Gasteiger partial charge in [-0.05, 0) is 37.5 Å². The highest BCUT2D eigenvalue weighted by atomic mass is 79.9. The number of carbonyl (C=O) groups excluding carboxylic acids is 1. The summed E-state index contributed by atoms with van der Waals surface area (Å²) >= 11 is 3.40. The summed E-state index contributed by atoms with van der Waals surface area (Å²) in [5, 5.41) is 4.83. The molecule has 1 unspecified atom stereocenters. The van der Waals surface area contributed by atoms with Crippen LogP contribution in [0.3, 0.4) is 0 Å².